The number of rotatable bonds is 5. The number of carbonyl (C=O) groups excluding carboxylic acids is 1. The number of hydrogen-bond acceptors (Lipinski definition) is 4. The van der Waals surface area contributed by atoms with Crippen LogP contribution in [0.4, 0.5) is 4.39 Å². The van der Waals surface area contributed by atoms with Crippen LogP contribution in [0.1, 0.15) is 33.6 Å². The number of carboxylic acids is 1. The largest absolute Gasteiger partial charge is 0.497 e. The maximum atomic E-state index is 14.7. The van der Waals surface area contributed by atoms with Crippen LogP contribution in [0, 0.1) is 12.7 Å². The van der Waals surface area contributed by atoms with Crippen molar-refractivity contribution in [1.82, 2.24) is 9.55 Å². The van der Waals surface area contributed by atoms with E-state index < -0.39 is 11.8 Å². The van der Waals surface area contributed by atoms with Gasteiger partial charge < -0.3 is 14.4 Å². The SMILES string of the molecule is COc1ccc2cc(Cn3c(C(=O)O)c(C4=CC=CCC4=O)c4cc(C)c(F)cc43)c(Cl)nc2c1. The fraction of sp³-hybridized carbons (Fsp3) is 0.148. The predicted octanol–water partition coefficient (Wildman–Crippen LogP) is 5.96. The van der Waals surface area contributed by atoms with Gasteiger partial charge in [0.2, 0.25) is 0 Å². The Balaban J connectivity index is 1.77. The molecule has 0 radical (unpaired) electrons. The molecule has 0 aliphatic heterocycles. The molecule has 2 aromatic heterocycles. The first-order valence-corrected chi connectivity index (χ1v) is 11.3. The minimum Gasteiger partial charge on any atom is -0.497 e. The molecule has 35 heavy (non-hydrogen) atoms. The number of allylic oxidation sites excluding steroid dienone is 4. The van der Waals surface area contributed by atoms with Gasteiger partial charge >= 0.3 is 5.97 Å². The number of fused-ring (bicyclic) bond motifs is 2. The van der Waals surface area contributed by atoms with Gasteiger partial charge in [-0.25, -0.2) is 14.2 Å². The highest BCUT2D eigenvalue weighted by atomic mass is 35.5. The highest BCUT2D eigenvalue weighted by Crippen LogP contribution is 2.37. The van der Waals surface area contributed by atoms with Crippen molar-refractivity contribution in [3.8, 4) is 5.75 Å². The molecule has 4 aromatic rings. The maximum Gasteiger partial charge on any atom is 0.353 e. The molecule has 1 aliphatic carbocycles. The van der Waals surface area contributed by atoms with Crippen LogP contribution in [0.5, 0.6) is 5.75 Å². The number of hydrogen-bond donors (Lipinski definition) is 1. The van der Waals surface area contributed by atoms with Crippen molar-refractivity contribution in [2.45, 2.75) is 19.9 Å². The molecule has 0 spiro atoms. The molecule has 0 unspecified atom stereocenters. The van der Waals surface area contributed by atoms with Gasteiger partial charge in [0.15, 0.2) is 5.78 Å². The molecular weight excluding hydrogens is 471 g/mol. The first kappa shape index (κ1) is 22.8. The van der Waals surface area contributed by atoms with Crippen LogP contribution in [0.2, 0.25) is 5.15 Å². The summed E-state index contributed by atoms with van der Waals surface area (Å²) in [4.78, 5) is 29.8. The molecule has 0 saturated carbocycles. The number of carboxylic acid groups (broad SMARTS) is 1. The fourth-order valence-corrected chi connectivity index (χ4v) is 4.68. The second-order valence-electron chi connectivity index (χ2n) is 8.37. The average molecular weight is 491 g/mol. The summed E-state index contributed by atoms with van der Waals surface area (Å²) < 4.78 is 21.4. The summed E-state index contributed by atoms with van der Waals surface area (Å²) in [5.74, 6) is -1.27. The number of ether oxygens (including phenoxy) is 1. The van der Waals surface area contributed by atoms with E-state index in [2.05, 4.69) is 4.98 Å². The molecule has 0 amide bonds. The standard InChI is InChI=1S/C27H20ClFN2O4/c1-14-9-19-22(12-20(14)29)31(25(27(33)34)24(19)18-5-3-4-6-23(18)32)13-16-10-15-7-8-17(35-2)11-21(15)30-26(16)28/h3-5,7-12H,6,13H2,1-2H3,(H,33,34). The molecule has 1 aliphatic rings. The number of halogens is 2. The van der Waals surface area contributed by atoms with Crippen molar-refractivity contribution in [1.29, 1.82) is 0 Å². The summed E-state index contributed by atoms with van der Waals surface area (Å²) in [6.45, 7) is 1.62. The summed E-state index contributed by atoms with van der Waals surface area (Å²) in [5.41, 5.74) is 2.35. The normalized spacial score (nSPS) is 13.5. The Labute approximate surface area is 204 Å². The molecular formula is C27H20ClFN2O4. The number of aromatic nitrogens is 2. The number of aromatic carboxylic acids is 1. The molecule has 2 heterocycles. The number of ketones is 1. The fourth-order valence-electron chi connectivity index (χ4n) is 4.48. The topological polar surface area (TPSA) is 81.4 Å². The lowest BCUT2D eigenvalue weighted by Gasteiger charge is -2.13. The minimum absolute atomic E-state index is 0.0196. The molecule has 1 N–H and O–H groups in total. The van der Waals surface area contributed by atoms with Crippen molar-refractivity contribution in [2.24, 2.45) is 0 Å². The Morgan fingerprint density at radius 3 is 2.77 bits per heavy atom. The van der Waals surface area contributed by atoms with Gasteiger partial charge in [-0.2, -0.15) is 0 Å². The highest BCUT2D eigenvalue weighted by molar-refractivity contribution is 6.30. The third-order valence-electron chi connectivity index (χ3n) is 6.20. The lowest BCUT2D eigenvalue weighted by molar-refractivity contribution is -0.113. The number of Topliss-reactive ketones (excluding diaryl/α,β-unsaturated/α-hetero) is 1. The molecule has 0 fully saturated rings. The molecule has 5 rings (SSSR count). The molecule has 176 valence electrons. The Morgan fingerprint density at radius 1 is 1.26 bits per heavy atom. The van der Waals surface area contributed by atoms with E-state index in [1.54, 1.807) is 50.5 Å². The van der Waals surface area contributed by atoms with Gasteiger partial charge in [0.25, 0.3) is 0 Å². The number of pyridine rings is 1. The zero-order valence-corrected chi connectivity index (χ0v) is 19.7. The summed E-state index contributed by atoms with van der Waals surface area (Å²) in [7, 11) is 1.56. The zero-order chi connectivity index (χ0) is 24.9. The highest BCUT2D eigenvalue weighted by Gasteiger charge is 2.29. The van der Waals surface area contributed by atoms with Gasteiger partial charge in [-0.15, -0.1) is 0 Å². The van der Waals surface area contributed by atoms with Crippen molar-refractivity contribution in [3.05, 3.63) is 88.0 Å². The van der Waals surface area contributed by atoms with E-state index in [9.17, 15) is 19.1 Å². The molecule has 6 nitrogen and oxygen atoms in total. The third kappa shape index (κ3) is 3.88. The number of aryl methyl sites for hydroxylation is 1. The average Bonchev–Trinajstić information content (AvgIpc) is 3.12. The van der Waals surface area contributed by atoms with Crippen molar-refractivity contribution < 1.29 is 23.8 Å². The Morgan fingerprint density at radius 2 is 2.06 bits per heavy atom. The smallest absolute Gasteiger partial charge is 0.353 e. The summed E-state index contributed by atoms with van der Waals surface area (Å²) in [6, 6.07) is 10.1. The van der Waals surface area contributed by atoms with Gasteiger partial charge in [0.05, 0.1) is 24.7 Å². The monoisotopic (exact) mass is 490 g/mol. The van der Waals surface area contributed by atoms with E-state index in [1.807, 2.05) is 12.1 Å². The number of methoxy groups -OCH3 is 1. The minimum atomic E-state index is -1.23. The first-order chi connectivity index (χ1) is 16.8. The Hall–Kier alpha value is -3.97. The van der Waals surface area contributed by atoms with E-state index >= 15 is 0 Å². The number of nitrogens with zero attached hydrogens (tertiary/aromatic N) is 2. The second kappa shape index (κ2) is 8.67. The maximum absolute atomic E-state index is 14.7. The van der Waals surface area contributed by atoms with Crippen molar-refractivity contribution >= 4 is 50.7 Å². The van der Waals surface area contributed by atoms with Crippen LogP contribution in [0.3, 0.4) is 0 Å². The molecule has 0 saturated heterocycles. The predicted molar refractivity (Wildman–Crippen MR) is 133 cm³/mol. The molecule has 8 heteroatoms. The van der Waals surface area contributed by atoms with Gasteiger partial charge in [-0.3, -0.25) is 4.79 Å². The summed E-state index contributed by atoms with van der Waals surface area (Å²) in [6.07, 6.45) is 5.21. The van der Waals surface area contributed by atoms with Crippen molar-refractivity contribution in [2.75, 3.05) is 7.11 Å². The number of carbonyl (C=O) groups is 2. The summed E-state index contributed by atoms with van der Waals surface area (Å²) in [5, 5.41) is 11.7. The van der Waals surface area contributed by atoms with Crippen LogP contribution in [0.15, 0.2) is 54.6 Å². The lowest BCUT2D eigenvalue weighted by atomic mass is 9.93. The third-order valence-corrected chi connectivity index (χ3v) is 6.52. The van der Waals surface area contributed by atoms with Crippen molar-refractivity contribution in [3.63, 3.8) is 0 Å². The van der Waals surface area contributed by atoms with Gasteiger partial charge in [-0.1, -0.05) is 29.8 Å². The van der Waals surface area contributed by atoms with Crippen LogP contribution in [0.25, 0.3) is 27.4 Å². The molecule has 2 aromatic carbocycles. The Kier molecular flexibility index (Phi) is 5.65. The summed E-state index contributed by atoms with van der Waals surface area (Å²) >= 11 is 6.51. The van der Waals surface area contributed by atoms with Crippen LogP contribution < -0.4 is 4.74 Å². The van der Waals surface area contributed by atoms with Gasteiger partial charge in [0, 0.05) is 40.0 Å². The van der Waals surface area contributed by atoms with Crippen LogP contribution in [-0.2, 0) is 11.3 Å². The quantitative estimate of drug-likeness (QED) is 0.349. The zero-order valence-electron chi connectivity index (χ0n) is 18.9. The van der Waals surface area contributed by atoms with E-state index in [1.165, 1.54) is 10.6 Å². The lowest BCUT2D eigenvalue weighted by Crippen LogP contribution is -2.14. The van der Waals surface area contributed by atoms with Crippen LogP contribution >= 0.6 is 11.6 Å². The second-order valence-corrected chi connectivity index (χ2v) is 8.72. The van der Waals surface area contributed by atoms with E-state index in [0.717, 1.165) is 5.39 Å². The van der Waals surface area contributed by atoms with E-state index in [-0.39, 0.29) is 40.7 Å². The van der Waals surface area contributed by atoms with E-state index in [0.29, 0.717) is 33.3 Å². The van der Waals surface area contributed by atoms with Gasteiger partial charge in [-0.05, 0) is 42.8 Å². The van der Waals surface area contributed by atoms with Gasteiger partial charge in [0.1, 0.15) is 22.4 Å². The molecule has 0 atom stereocenters. The molecule has 0 bridgehead atoms. The first-order valence-electron chi connectivity index (χ1n) is 10.9. The van der Waals surface area contributed by atoms with E-state index in [4.69, 9.17) is 16.3 Å². The number of benzene rings is 2. The van der Waals surface area contributed by atoms with Crippen LogP contribution in [-0.4, -0.2) is 33.5 Å². The Bertz CT molecular complexity index is 1620.